The standard InChI is InChI=1S/C26H30N4O3/c1-19-16-24(30(27-19)17-21-10-6-4-7-11-21)28-14-15-29(23(18-28)26(32)33-3)25(31)20(2)22-12-8-5-9-13-22/h4-13,16,20,23H,14-15,17-18H2,1-3H3/t20?,23-/m0/s1. The summed E-state index contributed by atoms with van der Waals surface area (Å²) in [6, 6.07) is 21.2. The minimum absolute atomic E-state index is 0.0646. The van der Waals surface area contributed by atoms with Gasteiger partial charge in [0.05, 0.1) is 31.8 Å². The van der Waals surface area contributed by atoms with Crippen molar-refractivity contribution in [1.29, 1.82) is 0 Å². The zero-order valence-corrected chi connectivity index (χ0v) is 19.3. The molecular weight excluding hydrogens is 416 g/mol. The highest BCUT2D eigenvalue weighted by molar-refractivity contribution is 5.89. The molecule has 33 heavy (non-hydrogen) atoms. The summed E-state index contributed by atoms with van der Waals surface area (Å²) in [5.74, 6) is 0.133. The largest absolute Gasteiger partial charge is 0.467 e. The van der Waals surface area contributed by atoms with Gasteiger partial charge in [0.2, 0.25) is 5.91 Å². The SMILES string of the molecule is COC(=O)[C@@H]1CN(c2cc(C)nn2Cc2ccccc2)CCN1C(=O)C(C)c1ccccc1. The topological polar surface area (TPSA) is 67.7 Å². The smallest absolute Gasteiger partial charge is 0.330 e. The Morgan fingerprint density at radius 1 is 1.06 bits per heavy atom. The Morgan fingerprint density at radius 2 is 1.73 bits per heavy atom. The van der Waals surface area contributed by atoms with Crippen LogP contribution in [-0.2, 0) is 20.9 Å². The van der Waals surface area contributed by atoms with E-state index >= 15 is 0 Å². The van der Waals surface area contributed by atoms with Crippen LogP contribution in [0.1, 0.15) is 29.7 Å². The number of esters is 1. The first kappa shape index (κ1) is 22.6. The maximum absolute atomic E-state index is 13.4. The van der Waals surface area contributed by atoms with E-state index in [0.29, 0.717) is 26.2 Å². The van der Waals surface area contributed by atoms with E-state index in [4.69, 9.17) is 4.74 Å². The van der Waals surface area contributed by atoms with Gasteiger partial charge in [-0.3, -0.25) is 4.79 Å². The van der Waals surface area contributed by atoms with Crippen molar-refractivity contribution in [2.45, 2.75) is 32.4 Å². The van der Waals surface area contributed by atoms with E-state index in [2.05, 4.69) is 22.1 Å². The van der Waals surface area contributed by atoms with Gasteiger partial charge >= 0.3 is 5.97 Å². The molecule has 1 unspecified atom stereocenters. The van der Waals surface area contributed by atoms with Gasteiger partial charge in [-0.25, -0.2) is 9.48 Å². The normalized spacial score (nSPS) is 17.0. The zero-order valence-electron chi connectivity index (χ0n) is 19.3. The summed E-state index contributed by atoms with van der Waals surface area (Å²) in [5.41, 5.74) is 2.99. The van der Waals surface area contributed by atoms with Crippen molar-refractivity contribution in [3.63, 3.8) is 0 Å². The first-order valence-electron chi connectivity index (χ1n) is 11.2. The summed E-state index contributed by atoms with van der Waals surface area (Å²) < 4.78 is 7.05. The van der Waals surface area contributed by atoms with E-state index in [1.807, 2.05) is 73.1 Å². The van der Waals surface area contributed by atoms with Gasteiger partial charge in [-0.2, -0.15) is 5.10 Å². The highest BCUT2D eigenvalue weighted by Gasteiger charge is 2.38. The molecular formula is C26H30N4O3. The number of aryl methyl sites for hydroxylation is 1. The van der Waals surface area contributed by atoms with Gasteiger partial charge in [0.25, 0.3) is 0 Å². The van der Waals surface area contributed by atoms with Gasteiger partial charge in [0.1, 0.15) is 11.9 Å². The highest BCUT2D eigenvalue weighted by Crippen LogP contribution is 2.25. The molecule has 0 bridgehead atoms. The summed E-state index contributed by atoms with van der Waals surface area (Å²) in [6.45, 7) is 5.89. The second kappa shape index (κ2) is 9.90. The van der Waals surface area contributed by atoms with E-state index in [1.165, 1.54) is 7.11 Å². The predicted molar refractivity (Wildman–Crippen MR) is 127 cm³/mol. The maximum atomic E-state index is 13.4. The van der Waals surface area contributed by atoms with Crippen molar-refractivity contribution in [1.82, 2.24) is 14.7 Å². The number of anilines is 1. The van der Waals surface area contributed by atoms with Crippen molar-refractivity contribution in [3.05, 3.63) is 83.6 Å². The Bertz CT molecular complexity index is 1100. The van der Waals surface area contributed by atoms with Gasteiger partial charge in [0, 0.05) is 19.2 Å². The van der Waals surface area contributed by atoms with Gasteiger partial charge < -0.3 is 14.5 Å². The lowest BCUT2D eigenvalue weighted by Crippen LogP contribution is -2.59. The molecule has 2 heterocycles. The predicted octanol–water partition coefficient (Wildman–Crippen LogP) is 3.23. The summed E-state index contributed by atoms with van der Waals surface area (Å²) in [5, 5.41) is 4.67. The number of nitrogens with zero attached hydrogens (tertiary/aromatic N) is 4. The average molecular weight is 447 g/mol. The number of aromatic nitrogens is 2. The fourth-order valence-electron chi connectivity index (χ4n) is 4.38. The van der Waals surface area contributed by atoms with E-state index in [-0.39, 0.29) is 11.8 Å². The van der Waals surface area contributed by atoms with Crippen LogP contribution in [0.3, 0.4) is 0 Å². The number of carbonyl (C=O) groups excluding carboxylic acids is 2. The van der Waals surface area contributed by atoms with Crippen molar-refractivity contribution in [2.75, 3.05) is 31.6 Å². The van der Waals surface area contributed by atoms with Crippen LogP contribution in [0.15, 0.2) is 66.7 Å². The average Bonchev–Trinajstić information content (AvgIpc) is 3.23. The second-order valence-electron chi connectivity index (χ2n) is 8.44. The van der Waals surface area contributed by atoms with E-state index < -0.39 is 12.0 Å². The van der Waals surface area contributed by atoms with Gasteiger partial charge in [-0.05, 0) is 25.0 Å². The van der Waals surface area contributed by atoms with Crippen molar-refractivity contribution in [2.24, 2.45) is 0 Å². The van der Waals surface area contributed by atoms with E-state index in [9.17, 15) is 9.59 Å². The molecule has 7 heteroatoms. The van der Waals surface area contributed by atoms with Crippen LogP contribution in [0.5, 0.6) is 0 Å². The molecule has 2 aromatic carbocycles. The molecule has 0 N–H and O–H groups in total. The number of carbonyl (C=O) groups is 2. The monoisotopic (exact) mass is 446 g/mol. The maximum Gasteiger partial charge on any atom is 0.330 e. The van der Waals surface area contributed by atoms with Crippen LogP contribution in [0.4, 0.5) is 5.82 Å². The Kier molecular flexibility index (Phi) is 6.77. The van der Waals surface area contributed by atoms with Crippen LogP contribution in [0.25, 0.3) is 0 Å². The molecule has 2 atom stereocenters. The molecule has 0 radical (unpaired) electrons. The quantitative estimate of drug-likeness (QED) is 0.544. The molecule has 0 saturated carbocycles. The molecule has 1 amide bonds. The Morgan fingerprint density at radius 3 is 2.39 bits per heavy atom. The fraction of sp³-hybridized carbons (Fsp3) is 0.346. The molecule has 3 aromatic rings. The summed E-state index contributed by atoms with van der Waals surface area (Å²) in [4.78, 5) is 29.9. The minimum atomic E-state index is -0.678. The van der Waals surface area contributed by atoms with Gasteiger partial charge in [0.15, 0.2) is 0 Å². The van der Waals surface area contributed by atoms with Gasteiger partial charge in [-0.15, -0.1) is 0 Å². The molecule has 1 aliphatic heterocycles. The van der Waals surface area contributed by atoms with Crippen molar-refractivity contribution >= 4 is 17.7 Å². The van der Waals surface area contributed by atoms with E-state index in [1.54, 1.807) is 4.90 Å². The van der Waals surface area contributed by atoms with Crippen LogP contribution in [0, 0.1) is 6.92 Å². The molecule has 172 valence electrons. The van der Waals surface area contributed by atoms with Crippen LogP contribution < -0.4 is 4.90 Å². The zero-order chi connectivity index (χ0) is 23.4. The third-order valence-corrected chi connectivity index (χ3v) is 6.19. The third-order valence-electron chi connectivity index (χ3n) is 6.19. The molecule has 1 aromatic heterocycles. The Labute approximate surface area is 194 Å². The number of hydrogen-bond acceptors (Lipinski definition) is 5. The summed E-state index contributed by atoms with van der Waals surface area (Å²) in [6.07, 6.45) is 0. The first-order valence-corrected chi connectivity index (χ1v) is 11.2. The number of ether oxygens (including phenoxy) is 1. The third kappa shape index (κ3) is 4.92. The molecule has 4 rings (SSSR count). The molecule has 1 saturated heterocycles. The minimum Gasteiger partial charge on any atom is -0.467 e. The lowest BCUT2D eigenvalue weighted by molar-refractivity contribution is -0.153. The lowest BCUT2D eigenvalue weighted by Gasteiger charge is -2.41. The first-order chi connectivity index (χ1) is 16.0. The van der Waals surface area contributed by atoms with E-state index in [0.717, 1.165) is 22.6 Å². The summed E-state index contributed by atoms with van der Waals surface area (Å²) >= 11 is 0. The number of hydrogen-bond donors (Lipinski definition) is 0. The Balaban J connectivity index is 1.56. The van der Waals surface area contributed by atoms with Crippen molar-refractivity contribution in [3.8, 4) is 0 Å². The molecule has 0 aliphatic carbocycles. The Hall–Kier alpha value is -3.61. The molecule has 1 aliphatic rings. The lowest BCUT2D eigenvalue weighted by atomic mass is 9.98. The number of methoxy groups -OCH3 is 1. The molecule has 1 fully saturated rings. The number of rotatable bonds is 6. The van der Waals surface area contributed by atoms with Crippen LogP contribution >= 0.6 is 0 Å². The van der Waals surface area contributed by atoms with Crippen LogP contribution in [0.2, 0.25) is 0 Å². The summed E-state index contributed by atoms with van der Waals surface area (Å²) in [7, 11) is 1.37. The highest BCUT2D eigenvalue weighted by atomic mass is 16.5. The number of benzene rings is 2. The van der Waals surface area contributed by atoms with Crippen molar-refractivity contribution < 1.29 is 14.3 Å². The fourth-order valence-corrected chi connectivity index (χ4v) is 4.38. The van der Waals surface area contributed by atoms with Crippen LogP contribution in [-0.4, -0.2) is 59.3 Å². The molecule has 7 nitrogen and oxygen atoms in total. The second-order valence-corrected chi connectivity index (χ2v) is 8.44. The number of amides is 1. The van der Waals surface area contributed by atoms with Gasteiger partial charge in [-0.1, -0.05) is 60.7 Å². The molecule has 0 spiro atoms. The number of piperazine rings is 1.